The number of nitrogens with zero attached hydrogens (tertiary/aromatic N) is 1. The summed E-state index contributed by atoms with van der Waals surface area (Å²) in [5.41, 5.74) is 1.71. The van der Waals surface area contributed by atoms with Crippen LogP contribution in [0.15, 0.2) is 18.2 Å². The van der Waals surface area contributed by atoms with Crippen LogP contribution in [0.1, 0.15) is 30.4 Å². The average Bonchev–Trinajstić information content (AvgIpc) is 2.46. The highest BCUT2D eigenvalue weighted by Gasteiger charge is 2.03. The lowest BCUT2D eigenvalue weighted by atomic mass is 10.1. The molecule has 0 amide bonds. The van der Waals surface area contributed by atoms with Crippen LogP contribution >= 0.6 is 0 Å². The van der Waals surface area contributed by atoms with Crippen molar-refractivity contribution in [1.82, 2.24) is 5.32 Å². The largest absolute Gasteiger partial charge is 0.495 e. The topological polar surface area (TPSA) is 54.3 Å². The van der Waals surface area contributed by atoms with Gasteiger partial charge in [-0.2, -0.15) is 5.26 Å². The van der Waals surface area contributed by atoms with Crippen molar-refractivity contribution < 1.29 is 9.47 Å². The van der Waals surface area contributed by atoms with Crippen molar-refractivity contribution in [2.24, 2.45) is 0 Å². The fourth-order valence-corrected chi connectivity index (χ4v) is 1.84. The van der Waals surface area contributed by atoms with Gasteiger partial charge in [0.15, 0.2) is 0 Å². The molecule has 0 heterocycles. The van der Waals surface area contributed by atoms with Crippen LogP contribution in [0.4, 0.5) is 0 Å². The van der Waals surface area contributed by atoms with Crippen LogP contribution in [0.3, 0.4) is 0 Å². The van der Waals surface area contributed by atoms with Crippen molar-refractivity contribution in [3.63, 3.8) is 0 Å². The lowest BCUT2D eigenvalue weighted by molar-refractivity contribution is 0.192. The fraction of sp³-hybridized carbons (Fsp3) is 0.533. The number of benzene rings is 1. The quantitative estimate of drug-likeness (QED) is 0.695. The predicted octanol–water partition coefficient (Wildman–Crippen LogP) is 2.47. The zero-order valence-corrected chi connectivity index (χ0v) is 11.7. The number of methoxy groups -OCH3 is 2. The van der Waals surface area contributed by atoms with Crippen molar-refractivity contribution in [2.75, 3.05) is 27.4 Å². The van der Waals surface area contributed by atoms with E-state index in [0.717, 1.165) is 38.1 Å². The Morgan fingerprint density at radius 1 is 1.21 bits per heavy atom. The zero-order chi connectivity index (χ0) is 13.9. The normalized spacial score (nSPS) is 10.2. The highest BCUT2D eigenvalue weighted by Crippen LogP contribution is 2.19. The molecule has 0 aromatic heterocycles. The molecule has 0 aliphatic heterocycles. The Hall–Kier alpha value is -1.57. The number of hydrogen-bond donors (Lipinski definition) is 1. The first kappa shape index (κ1) is 15.5. The van der Waals surface area contributed by atoms with Gasteiger partial charge >= 0.3 is 0 Å². The van der Waals surface area contributed by atoms with E-state index in [4.69, 9.17) is 14.7 Å². The van der Waals surface area contributed by atoms with Gasteiger partial charge in [0.1, 0.15) is 11.8 Å². The molecule has 0 saturated heterocycles. The van der Waals surface area contributed by atoms with Gasteiger partial charge in [-0.05, 0) is 43.5 Å². The van der Waals surface area contributed by atoms with E-state index in [0.29, 0.717) is 11.3 Å². The number of hydrogen-bond acceptors (Lipinski definition) is 4. The summed E-state index contributed by atoms with van der Waals surface area (Å²) in [5, 5.41) is 12.3. The number of rotatable bonds is 9. The summed E-state index contributed by atoms with van der Waals surface area (Å²) in [5.74, 6) is 0.641. The second-order valence-corrected chi connectivity index (χ2v) is 4.38. The summed E-state index contributed by atoms with van der Waals surface area (Å²) in [7, 11) is 3.32. The summed E-state index contributed by atoms with van der Waals surface area (Å²) in [6.45, 7) is 2.63. The van der Waals surface area contributed by atoms with E-state index >= 15 is 0 Å². The van der Waals surface area contributed by atoms with Gasteiger partial charge in [-0.3, -0.25) is 0 Å². The first-order valence-corrected chi connectivity index (χ1v) is 6.58. The first-order chi connectivity index (χ1) is 9.31. The van der Waals surface area contributed by atoms with Crippen LogP contribution in [0.2, 0.25) is 0 Å². The molecular formula is C15H22N2O2. The van der Waals surface area contributed by atoms with Gasteiger partial charge in [0.2, 0.25) is 0 Å². The molecule has 0 bridgehead atoms. The van der Waals surface area contributed by atoms with Gasteiger partial charge in [-0.25, -0.2) is 0 Å². The standard InChI is InChI=1S/C15H22N2O2/c1-18-9-5-3-4-8-17-12-13-6-7-14(11-16)15(10-13)19-2/h6-7,10,17H,3-5,8-9,12H2,1-2H3. The molecule has 0 fully saturated rings. The minimum atomic E-state index is 0.575. The minimum absolute atomic E-state index is 0.575. The molecule has 0 aliphatic carbocycles. The summed E-state index contributed by atoms with van der Waals surface area (Å²) >= 11 is 0. The van der Waals surface area contributed by atoms with E-state index < -0.39 is 0 Å². The van der Waals surface area contributed by atoms with Crippen LogP contribution in [0, 0.1) is 11.3 Å². The summed E-state index contributed by atoms with van der Waals surface area (Å²) in [6.07, 6.45) is 3.44. The first-order valence-electron chi connectivity index (χ1n) is 6.58. The number of unbranched alkanes of at least 4 members (excludes halogenated alkanes) is 2. The van der Waals surface area contributed by atoms with E-state index in [9.17, 15) is 0 Å². The zero-order valence-electron chi connectivity index (χ0n) is 11.7. The summed E-state index contributed by atoms with van der Waals surface area (Å²) in [4.78, 5) is 0. The lowest BCUT2D eigenvalue weighted by Crippen LogP contribution is -2.14. The van der Waals surface area contributed by atoms with E-state index in [2.05, 4.69) is 11.4 Å². The van der Waals surface area contributed by atoms with Gasteiger partial charge in [0.25, 0.3) is 0 Å². The Morgan fingerprint density at radius 3 is 2.74 bits per heavy atom. The smallest absolute Gasteiger partial charge is 0.136 e. The fourth-order valence-electron chi connectivity index (χ4n) is 1.84. The molecule has 1 rings (SSSR count). The third kappa shape index (κ3) is 5.73. The van der Waals surface area contributed by atoms with Crippen molar-refractivity contribution in [3.05, 3.63) is 29.3 Å². The molecule has 0 aliphatic rings. The second-order valence-electron chi connectivity index (χ2n) is 4.38. The molecule has 1 N–H and O–H groups in total. The Balaban J connectivity index is 2.28. The molecule has 0 unspecified atom stereocenters. The van der Waals surface area contributed by atoms with Crippen LogP contribution < -0.4 is 10.1 Å². The maximum absolute atomic E-state index is 8.90. The van der Waals surface area contributed by atoms with E-state index in [1.54, 1.807) is 20.3 Å². The molecule has 1 aromatic rings. The molecule has 19 heavy (non-hydrogen) atoms. The number of nitriles is 1. The van der Waals surface area contributed by atoms with Crippen molar-refractivity contribution in [1.29, 1.82) is 5.26 Å². The van der Waals surface area contributed by atoms with Gasteiger partial charge in [-0.1, -0.05) is 6.07 Å². The highest BCUT2D eigenvalue weighted by molar-refractivity contribution is 5.45. The number of ether oxygens (including phenoxy) is 2. The molecule has 0 saturated carbocycles. The third-order valence-electron chi connectivity index (χ3n) is 2.92. The van der Waals surface area contributed by atoms with Crippen LogP contribution in [0.5, 0.6) is 5.75 Å². The Bertz CT molecular complexity index is 413. The van der Waals surface area contributed by atoms with Gasteiger partial charge in [0, 0.05) is 20.3 Å². The summed E-state index contributed by atoms with van der Waals surface area (Å²) < 4.78 is 10.2. The minimum Gasteiger partial charge on any atom is -0.495 e. The lowest BCUT2D eigenvalue weighted by Gasteiger charge is -2.08. The predicted molar refractivity (Wildman–Crippen MR) is 75.1 cm³/mol. The van der Waals surface area contributed by atoms with Crippen LogP contribution in [-0.2, 0) is 11.3 Å². The van der Waals surface area contributed by atoms with E-state index in [1.165, 1.54) is 6.42 Å². The molecule has 4 heteroatoms. The van der Waals surface area contributed by atoms with E-state index in [-0.39, 0.29) is 0 Å². The van der Waals surface area contributed by atoms with Crippen LogP contribution in [0.25, 0.3) is 0 Å². The molecule has 0 atom stereocenters. The SMILES string of the molecule is COCCCCCNCc1ccc(C#N)c(OC)c1. The average molecular weight is 262 g/mol. The highest BCUT2D eigenvalue weighted by atomic mass is 16.5. The Kier molecular flexibility index (Phi) is 7.64. The molecule has 0 spiro atoms. The summed E-state index contributed by atoms with van der Waals surface area (Å²) in [6, 6.07) is 7.78. The van der Waals surface area contributed by atoms with Crippen LogP contribution in [-0.4, -0.2) is 27.4 Å². The van der Waals surface area contributed by atoms with Gasteiger partial charge in [0.05, 0.1) is 12.7 Å². The second kappa shape index (κ2) is 9.37. The molecule has 104 valence electrons. The maximum atomic E-state index is 8.90. The Labute approximate surface area is 115 Å². The van der Waals surface area contributed by atoms with Crippen molar-refractivity contribution in [2.45, 2.75) is 25.8 Å². The molecular weight excluding hydrogens is 240 g/mol. The van der Waals surface area contributed by atoms with E-state index in [1.807, 2.05) is 12.1 Å². The van der Waals surface area contributed by atoms with Crippen molar-refractivity contribution in [3.8, 4) is 11.8 Å². The molecule has 1 aromatic carbocycles. The van der Waals surface area contributed by atoms with Crippen molar-refractivity contribution >= 4 is 0 Å². The monoisotopic (exact) mass is 262 g/mol. The van der Waals surface area contributed by atoms with Gasteiger partial charge < -0.3 is 14.8 Å². The Morgan fingerprint density at radius 2 is 2.05 bits per heavy atom. The molecule has 4 nitrogen and oxygen atoms in total. The number of nitrogens with one attached hydrogen (secondary N) is 1. The third-order valence-corrected chi connectivity index (χ3v) is 2.92. The van der Waals surface area contributed by atoms with Gasteiger partial charge in [-0.15, -0.1) is 0 Å². The molecule has 0 radical (unpaired) electrons. The maximum Gasteiger partial charge on any atom is 0.136 e.